The summed E-state index contributed by atoms with van der Waals surface area (Å²) in [6.07, 6.45) is 1.10. The molecule has 0 amide bonds. The minimum atomic E-state index is -3.80. The average molecular weight is 406 g/mol. The maximum atomic E-state index is 13.7. The molecule has 1 fully saturated rings. The molecule has 0 spiro atoms. The molecular weight excluding hydrogens is 390 g/mol. The molecule has 0 N–H and O–H groups in total. The topological polar surface area (TPSA) is 76.0 Å². The van der Waals surface area contributed by atoms with Crippen molar-refractivity contribution in [2.24, 2.45) is 4.40 Å². The highest BCUT2D eigenvalue weighted by Gasteiger charge is 2.39. The van der Waals surface area contributed by atoms with Crippen LogP contribution in [0.4, 0.5) is 8.78 Å². The Morgan fingerprint density at radius 2 is 1.96 bits per heavy atom. The Morgan fingerprint density at radius 1 is 1.18 bits per heavy atom. The summed E-state index contributed by atoms with van der Waals surface area (Å²) in [6, 6.07) is 9.33. The number of sulfonamides is 1. The summed E-state index contributed by atoms with van der Waals surface area (Å²) in [5.74, 6) is -2.49. The van der Waals surface area contributed by atoms with Gasteiger partial charge in [0.1, 0.15) is 17.5 Å². The number of amidine groups is 1. The zero-order chi connectivity index (χ0) is 19.9. The van der Waals surface area contributed by atoms with Crippen LogP contribution < -0.4 is 0 Å². The van der Waals surface area contributed by atoms with Gasteiger partial charge in [0.2, 0.25) is 0 Å². The number of hydrogen-bond donors (Lipinski definition) is 0. The lowest BCUT2D eigenvalue weighted by Gasteiger charge is -2.25. The Kier molecular flexibility index (Phi) is 4.62. The third-order valence-electron chi connectivity index (χ3n) is 4.81. The highest BCUT2D eigenvalue weighted by Crippen LogP contribution is 2.31. The molecule has 2 aromatic carbocycles. The largest absolute Gasteiger partial charge is 0.459 e. The smallest absolute Gasteiger partial charge is 0.329 e. The van der Waals surface area contributed by atoms with E-state index in [0.29, 0.717) is 24.9 Å². The van der Waals surface area contributed by atoms with Crippen LogP contribution >= 0.6 is 0 Å². The minimum Gasteiger partial charge on any atom is -0.459 e. The quantitative estimate of drug-likeness (QED) is 0.733. The van der Waals surface area contributed by atoms with Crippen LogP contribution in [-0.2, 0) is 26.2 Å². The molecule has 6 nitrogen and oxygen atoms in total. The van der Waals surface area contributed by atoms with Crippen LogP contribution in [0.15, 0.2) is 51.8 Å². The fraction of sp³-hybridized carbons (Fsp3) is 0.263. The van der Waals surface area contributed by atoms with Gasteiger partial charge in [-0.2, -0.15) is 8.42 Å². The molecule has 0 radical (unpaired) electrons. The van der Waals surface area contributed by atoms with Crippen LogP contribution in [0, 0.1) is 11.6 Å². The van der Waals surface area contributed by atoms with Gasteiger partial charge in [0.05, 0.1) is 0 Å². The second-order valence-corrected chi connectivity index (χ2v) is 8.13. The maximum Gasteiger partial charge on any atom is 0.329 e. The molecule has 1 saturated heterocycles. The number of ether oxygens (including phenoxy) is 1. The number of halogens is 2. The van der Waals surface area contributed by atoms with Crippen molar-refractivity contribution in [3.8, 4) is 0 Å². The first-order valence-electron chi connectivity index (χ1n) is 8.69. The number of fused-ring (bicyclic) bond motifs is 1. The summed E-state index contributed by atoms with van der Waals surface area (Å²) < 4.78 is 60.6. The van der Waals surface area contributed by atoms with E-state index in [1.54, 1.807) is 23.1 Å². The van der Waals surface area contributed by atoms with E-state index in [4.69, 9.17) is 4.74 Å². The zero-order valence-electron chi connectivity index (χ0n) is 14.6. The molecule has 0 aromatic heterocycles. The van der Waals surface area contributed by atoms with Crippen LogP contribution in [0.1, 0.15) is 24.0 Å². The molecule has 28 heavy (non-hydrogen) atoms. The van der Waals surface area contributed by atoms with Gasteiger partial charge in [-0.25, -0.2) is 13.6 Å². The van der Waals surface area contributed by atoms with Crippen LogP contribution in [0.25, 0.3) is 0 Å². The van der Waals surface area contributed by atoms with E-state index in [-0.39, 0.29) is 16.3 Å². The summed E-state index contributed by atoms with van der Waals surface area (Å²) in [4.78, 5) is 14.3. The van der Waals surface area contributed by atoms with Crippen molar-refractivity contribution < 1.29 is 26.7 Å². The number of carbonyl (C=O) groups excluding carboxylic acids is 1. The average Bonchev–Trinajstić information content (AvgIpc) is 3.26. The summed E-state index contributed by atoms with van der Waals surface area (Å²) in [5, 5.41) is 0. The molecule has 2 aliphatic heterocycles. The van der Waals surface area contributed by atoms with Crippen molar-refractivity contribution in [1.29, 1.82) is 0 Å². The number of hydrogen-bond acceptors (Lipinski definition) is 5. The fourth-order valence-corrected chi connectivity index (χ4v) is 4.68. The monoisotopic (exact) mass is 406 g/mol. The van der Waals surface area contributed by atoms with Crippen LogP contribution in [0.3, 0.4) is 0 Å². The highest BCUT2D eigenvalue weighted by molar-refractivity contribution is 7.90. The normalized spacial score (nSPS) is 20.0. The van der Waals surface area contributed by atoms with Crippen molar-refractivity contribution in [3.63, 3.8) is 0 Å². The molecular formula is C19H16F2N2O4S. The lowest BCUT2D eigenvalue weighted by Crippen LogP contribution is -2.41. The fourth-order valence-electron chi connectivity index (χ4n) is 3.47. The predicted molar refractivity (Wildman–Crippen MR) is 96.0 cm³/mol. The van der Waals surface area contributed by atoms with Crippen molar-refractivity contribution in [2.45, 2.75) is 30.4 Å². The molecule has 146 valence electrons. The van der Waals surface area contributed by atoms with Gasteiger partial charge in [-0.3, -0.25) is 0 Å². The van der Waals surface area contributed by atoms with E-state index in [1.807, 2.05) is 0 Å². The van der Waals surface area contributed by atoms with Gasteiger partial charge >= 0.3 is 5.97 Å². The first kappa shape index (κ1) is 18.5. The molecule has 4 rings (SSSR count). The number of carbonyl (C=O) groups is 1. The van der Waals surface area contributed by atoms with E-state index in [9.17, 15) is 22.0 Å². The van der Waals surface area contributed by atoms with Crippen molar-refractivity contribution in [1.82, 2.24) is 4.90 Å². The van der Waals surface area contributed by atoms with Gasteiger partial charge in [-0.15, -0.1) is 4.40 Å². The van der Waals surface area contributed by atoms with Gasteiger partial charge in [0.25, 0.3) is 10.0 Å². The van der Waals surface area contributed by atoms with Crippen LogP contribution in [0.2, 0.25) is 0 Å². The maximum absolute atomic E-state index is 13.7. The third kappa shape index (κ3) is 3.15. The van der Waals surface area contributed by atoms with Gasteiger partial charge in [-0.05, 0) is 31.0 Å². The SMILES string of the molecule is O=C(OCc1cccc(F)c1F)[C@@H]1CCCN1C1=NS(=O)(=O)c2ccccc21. The van der Waals surface area contributed by atoms with E-state index in [2.05, 4.69) is 4.40 Å². The second-order valence-electron chi connectivity index (χ2n) is 6.56. The van der Waals surface area contributed by atoms with E-state index < -0.39 is 40.3 Å². The van der Waals surface area contributed by atoms with Gasteiger partial charge in [0, 0.05) is 17.7 Å². The molecule has 0 unspecified atom stereocenters. The summed E-state index contributed by atoms with van der Waals surface area (Å²) in [7, 11) is -3.80. The van der Waals surface area contributed by atoms with E-state index in [0.717, 1.165) is 6.07 Å². The van der Waals surface area contributed by atoms with Gasteiger partial charge in [-0.1, -0.05) is 24.3 Å². The van der Waals surface area contributed by atoms with E-state index >= 15 is 0 Å². The number of likely N-dealkylation sites (tertiary alicyclic amines) is 1. The minimum absolute atomic E-state index is 0.0657. The number of esters is 1. The van der Waals surface area contributed by atoms with Crippen LogP contribution in [0.5, 0.6) is 0 Å². The molecule has 0 saturated carbocycles. The van der Waals surface area contributed by atoms with Gasteiger partial charge in [0.15, 0.2) is 17.5 Å². The zero-order valence-corrected chi connectivity index (χ0v) is 15.5. The molecule has 1 atom stereocenters. The first-order valence-corrected chi connectivity index (χ1v) is 10.1. The predicted octanol–water partition coefficient (Wildman–Crippen LogP) is 2.62. The van der Waals surface area contributed by atoms with Crippen molar-refractivity contribution in [2.75, 3.05) is 6.54 Å². The molecule has 2 aliphatic rings. The Hall–Kier alpha value is -2.81. The standard InChI is InChI=1S/C19H16F2N2O4S/c20-14-7-3-5-12(17(14)21)11-27-19(24)15-8-4-10-23(15)18-13-6-1-2-9-16(13)28(25,26)22-18/h1-3,5-7,9,15H,4,8,10-11H2/t15-/m0/s1. The first-order chi connectivity index (χ1) is 13.4. The van der Waals surface area contributed by atoms with E-state index in [1.165, 1.54) is 18.2 Å². The highest BCUT2D eigenvalue weighted by atomic mass is 32.2. The number of rotatable bonds is 3. The molecule has 9 heteroatoms. The van der Waals surface area contributed by atoms with Crippen molar-refractivity contribution >= 4 is 21.8 Å². The van der Waals surface area contributed by atoms with Crippen LogP contribution in [-0.4, -0.2) is 37.7 Å². The Bertz CT molecular complexity index is 1090. The second kappa shape index (κ2) is 6.97. The summed E-state index contributed by atoms with van der Waals surface area (Å²) in [6.45, 7) is 0.0326. The van der Waals surface area contributed by atoms with Crippen molar-refractivity contribution in [3.05, 3.63) is 65.2 Å². The summed E-state index contributed by atoms with van der Waals surface area (Å²) >= 11 is 0. The van der Waals surface area contributed by atoms with Gasteiger partial charge < -0.3 is 9.64 Å². The molecule has 0 aliphatic carbocycles. The Morgan fingerprint density at radius 3 is 2.79 bits per heavy atom. The number of nitrogens with zero attached hydrogens (tertiary/aromatic N) is 2. The Balaban J connectivity index is 1.54. The molecule has 0 bridgehead atoms. The number of benzene rings is 2. The summed E-state index contributed by atoms with van der Waals surface area (Å²) in [5.41, 5.74) is 0.377. The molecule has 2 heterocycles. The Labute approximate surface area is 160 Å². The third-order valence-corrected chi connectivity index (χ3v) is 6.14. The lowest BCUT2D eigenvalue weighted by molar-refractivity contribution is -0.149. The molecule has 2 aromatic rings. The lowest BCUT2D eigenvalue weighted by atomic mass is 10.1.